The Bertz CT molecular complexity index is 628. The molecule has 1 heterocycles. The molecule has 5 nitrogen and oxygen atoms in total. The van der Waals surface area contributed by atoms with Crippen molar-refractivity contribution in [3.05, 3.63) is 29.8 Å². The van der Waals surface area contributed by atoms with Gasteiger partial charge in [-0.2, -0.15) is 0 Å². The monoisotopic (exact) mass is 324 g/mol. The van der Waals surface area contributed by atoms with E-state index in [-0.39, 0.29) is 18.9 Å². The fourth-order valence-corrected chi connectivity index (χ4v) is 3.78. The van der Waals surface area contributed by atoms with Gasteiger partial charge in [0.2, 0.25) is 15.9 Å². The highest BCUT2D eigenvalue weighted by molar-refractivity contribution is 7.88. The lowest BCUT2D eigenvalue weighted by atomic mass is 10.0. The van der Waals surface area contributed by atoms with Crippen molar-refractivity contribution in [2.24, 2.45) is 0 Å². The van der Waals surface area contributed by atoms with Crippen molar-refractivity contribution in [3.63, 3.8) is 0 Å². The molecule has 1 aliphatic rings. The second-order valence-corrected chi connectivity index (χ2v) is 7.67. The molecule has 1 amide bonds. The summed E-state index contributed by atoms with van der Waals surface area (Å²) in [6.07, 6.45) is 4.11. The number of amides is 1. The molecule has 122 valence electrons. The topological polar surface area (TPSA) is 57.7 Å². The Morgan fingerprint density at radius 3 is 2.68 bits per heavy atom. The van der Waals surface area contributed by atoms with Crippen LogP contribution < -0.4 is 4.90 Å². The van der Waals surface area contributed by atoms with Crippen LogP contribution in [0.3, 0.4) is 0 Å². The van der Waals surface area contributed by atoms with Gasteiger partial charge in [-0.3, -0.25) is 4.79 Å². The Labute approximate surface area is 133 Å². The number of hydrogen-bond donors (Lipinski definition) is 0. The molecule has 1 aromatic rings. The van der Waals surface area contributed by atoms with Gasteiger partial charge in [-0.05, 0) is 30.9 Å². The molecule has 0 N–H and O–H groups in total. The highest BCUT2D eigenvalue weighted by atomic mass is 32.2. The number of hydrogen-bond acceptors (Lipinski definition) is 3. The second-order valence-electron chi connectivity index (χ2n) is 5.69. The lowest BCUT2D eigenvalue weighted by Gasteiger charge is -2.30. The third-order valence-electron chi connectivity index (χ3n) is 3.93. The Morgan fingerprint density at radius 2 is 2.00 bits per heavy atom. The molecule has 0 atom stereocenters. The molecule has 1 aliphatic heterocycles. The minimum absolute atomic E-state index is 0.00287. The molecule has 0 saturated heterocycles. The van der Waals surface area contributed by atoms with Crippen molar-refractivity contribution in [2.75, 3.05) is 30.8 Å². The van der Waals surface area contributed by atoms with Crippen molar-refractivity contribution in [3.8, 4) is 0 Å². The fourth-order valence-electron chi connectivity index (χ4n) is 2.84. The molecular weight excluding hydrogens is 300 g/mol. The number of carbonyl (C=O) groups is 1. The average Bonchev–Trinajstić information content (AvgIpc) is 2.49. The largest absolute Gasteiger partial charge is 0.312 e. The molecule has 2 rings (SSSR count). The van der Waals surface area contributed by atoms with E-state index in [1.807, 2.05) is 25.1 Å². The zero-order valence-corrected chi connectivity index (χ0v) is 14.1. The Balaban J connectivity index is 2.04. The number of fused-ring (bicyclic) bond motifs is 1. The van der Waals surface area contributed by atoms with E-state index in [1.54, 1.807) is 4.90 Å². The van der Waals surface area contributed by atoms with Gasteiger partial charge in [0.15, 0.2) is 0 Å². The molecule has 1 aromatic carbocycles. The van der Waals surface area contributed by atoms with Crippen molar-refractivity contribution >= 4 is 21.6 Å². The number of carbonyl (C=O) groups excluding carboxylic acids is 1. The van der Waals surface area contributed by atoms with Gasteiger partial charge in [-0.25, -0.2) is 12.7 Å². The van der Waals surface area contributed by atoms with Crippen LogP contribution in [-0.2, 0) is 21.2 Å². The van der Waals surface area contributed by atoms with Crippen molar-refractivity contribution < 1.29 is 13.2 Å². The van der Waals surface area contributed by atoms with Crippen LogP contribution in [0, 0.1) is 0 Å². The maximum Gasteiger partial charge on any atom is 0.228 e. The summed E-state index contributed by atoms with van der Waals surface area (Å²) in [4.78, 5) is 14.3. The molecule has 0 aliphatic carbocycles. The van der Waals surface area contributed by atoms with Gasteiger partial charge < -0.3 is 4.90 Å². The van der Waals surface area contributed by atoms with Crippen molar-refractivity contribution in [1.82, 2.24) is 4.31 Å². The van der Waals surface area contributed by atoms with E-state index in [0.717, 1.165) is 24.9 Å². The van der Waals surface area contributed by atoms with Gasteiger partial charge in [-0.1, -0.05) is 25.1 Å². The predicted molar refractivity (Wildman–Crippen MR) is 88.4 cm³/mol. The summed E-state index contributed by atoms with van der Waals surface area (Å²) < 4.78 is 24.8. The first-order valence-electron chi connectivity index (χ1n) is 7.77. The molecule has 22 heavy (non-hydrogen) atoms. The van der Waals surface area contributed by atoms with E-state index >= 15 is 0 Å². The Kier molecular flexibility index (Phi) is 5.58. The van der Waals surface area contributed by atoms with Gasteiger partial charge in [0.05, 0.1) is 6.26 Å². The molecule has 0 unspecified atom stereocenters. The van der Waals surface area contributed by atoms with Gasteiger partial charge in [-0.15, -0.1) is 0 Å². The number of sulfonamides is 1. The summed E-state index contributed by atoms with van der Waals surface area (Å²) >= 11 is 0. The lowest BCUT2D eigenvalue weighted by Crippen LogP contribution is -2.39. The first-order valence-corrected chi connectivity index (χ1v) is 9.61. The molecule has 0 fully saturated rings. The Morgan fingerprint density at radius 1 is 1.27 bits per heavy atom. The minimum Gasteiger partial charge on any atom is -0.312 e. The lowest BCUT2D eigenvalue weighted by molar-refractivity contribution is -0.118. The second kappa shape index (κ2) is 7.24. The zero-order chi connectivity index (χ0) is 16.2. The summed E-state index contributed by atoms with van der Waals surface area (Å²) in [6, 6.07) is 7.94. The van der Waals surface area contributed by atoms with Crippen molar-refractivity contribution in [2.45, 2.75) is 32.6 Å². The standard InChI is InChI=1S/C16H24N2O3S/c1-3-11-17(22(2,20)21)13-10-16(19)18-12-6-8-14-7-4-5-9-15(14)18/h4-5,7,9H,3,6,8,10-13H2,1-2H3. The SMILES string of the molecule is CCCN(CCC(=O)N1CCCc2ccccc21)S(C)(=O)=O. The molecule has 6 heteroatoms. The third kappa shape index (κ3) is 4.08. The highest BCUT2D eigenvalue weighted by Crippen LogP contribution is 2.27. The maximum absolute atomic E-state index is 12.5. The van der Waals surface area contributed by atoms with E-state index in [0.29, 0.717) is 13.1 Å². The number of benzene rings is 1. The molecule has 0 bridgehead atoms. The maximum atomic E-state index is 12.5. The van der Waals surface area contributed by atoms with Gasteiger partial charge in [0.1, 0.15) is 0 Å². The first-order chi connectivity index (χ1) is 10.4. The van der Waals surface area contributed by atoms with Gasteiger partial charge in [0, 0.05) is 31.7 Å². The quantitative estimate of drug-likeness (QED) is 0.804. The van der Waals surface area contributed by atoms with E-state index in [2.05, 4.69) is 6.07 Å². The van der Waals surface area contributed by atoms with Crippen LogP contribution in [0.15, 0.2) is 24.3 Å². The number of para-hydroxylation sites is 1. The van der Waals surface area contributed by atoms with Crippen LogP contribution in [0.1, 0.15) is 31.7 Å². The fraction of sp³-hybridized carbons (Fsp3) is 0.562. The van der Waals surface area contributed by atoms with Crippen LogP contribution in [0.25, 0.3) is 0 Å². The Hall–Kier alpha value is -1.40. The predicted octanol–water partition coefficient (Wildman–Crippen LogP) is 2.03. The number of rotatable bonds is 6. The smallest absolute Gasteiger partial charge is 0.228 e. The molecule has 0 spiro atoms. The van der Waals surface area contributed by atoms with Crippen molar-refractivity contribution in [1.29, 1.82) is 0 Å². The van der Waals surface area contributed by atoms with Crippen LogP contribution in [0.2, 0.25) is 0 Å². The van der Waals surface area contributed by atoms with Crippen LogP contribution in [-0.4, -0.2) is 44.5 Å². The normalized spacial score (nSPS) is 15.0. The zero-order valence-electron chi connectivity index (χ0n) is 13.3. The summed E-state index contributed by atoms with van der Waals surface area (Å²) in [5.41, 5.74) is 2.16. The molecular formula is C16H24N2O3S. The number of aryl methyl sites for hydroxylation is 1. The minimum atomic E-state index is -3.25. The highest BCUT2D eigenvalue weighted by Gasteiger charge is 2.23. The van der Waals surface area contributed by atoms with E-state index in [9.17, 15) is 13.2 Å². The number of nitrogens with zero attached hydrogens (tertiary/aromatic N) is 2. The van der Waals surface area contributed by atoms with Gasteiger partial charge >= 0.3 is 0 Å². The first kappa shape index (κ1) is 17.0. The van der Waals surface area contributed by atoms with Crippen LogP contribution in [0.5, 0.6) is 0 Å². The average molecular weight is 324 g/mol. The van der Waals surface area contributed by atoms with E-state index < -0.39 is 10.0 Å². The molecule has 0 radical (unpaired) electrons. The summed E-state index contributed by atoms with van der Waals surface area (Å²) in [5, 5.41) is 0. The number of anilines is 1. The van der Waals surface area contributed by atoms with Crippen LogP contribution >= 0.6 is 0 Å². The van der Waals surface area contributed by atoms with E-state index in [4.69, 9.17) is 0 Å². The summed E-state index contributed by atoms with van der Waals surface area (Å²) in [5.74, 6) is -0.00287. The van der Waals surface area contributed by atoms with Gasteiger partial charge in [0.25, 0.3) is 0 Å². The molecule has 0 aromatic heterocycles. The van der Waals surface area contributed by atoms with Crippen LogP contribution in [0.4, 0.5) is 5.69 Å². The van der Waals surface area contributed by atoms with E-state index in [1.165, 1.54) is 16.1 Å². The molecule has 0 saturated carbocycles. The third-order valence-corrected chi connectivity index (χ3v) is 5.23. The summed E-state index contributed by atoms with van der Waals surface area (Å²) in [7, 11) is -3.25. The summed E-state index contributed by atoms with van der Waals surface area (Å²) in [6.45, 7) is 3.36.